The molecule has 5 heteroatoms. The number of hydrogen-bond donors (Lipinski definition) is 4. The van der Waals surface area contributed by atoms with E-state index in [9.17, 15) is 4.79 Å². The summed E-state index contributed by atoms with van der Waals surface area (Å²) in [5.41, 5.74) is 5.65. The monoisotopic (exact) mass is 204 g/mol. The highest BCUT2D eigenvalue weighted by molar-refractivity contribution is 5.82. The Kier molecular flexibility index (Phi) is 6.44. The van der Waals surface area contributed by atoms with E-state index in [-0.39, 0.29) is 25.0 Å². The Morgan fingerprint density at radius 2 is 1.93 bits per heavy atom. The summed E-state index contributed by atoms with van der Waals surface area (Å²) in [6.45, 7) is 3.27. The van der Waals surface area contributed by atoms with Crippen molar-refractivity contribution in [3.63, 3.8) is 0 Å². The second kappa shape index (κ2) is 6.75. The second-order valence-corrected chi connectivity index (χ2v) is 3.48. The molecule has 0 aromatic carbocycles. The van der Waals surface area contributed by atoms with Gasteiger partial charge in [-0.2, -0.15) is 0 Å². The molecule has 14 heavy (non-hydrogen) atoms. The predicted octanol–water partition coefficient (Wildman–Crippen LogP) is -1.17. The van der Waals surface area contributed by atoms with Gasteiger partial charge in [-0.1, -0.05) is 20.3 Å². The molecular formula is C9H20N2O3. The van der Waals surface area contributed by atoms with Crippen LogP contribution in [0.2, 0.25) is 0 Å². The van der Waals surface area contributed by atoms with Gasteiger partial charge >= 0.3 is 0 Å². The van der Waals surface area contributed by atoms with Crippen LogP contribution < -0.4 is 11.1 Å². The Hall–Kier alpha value is -0.650. The van der Waals surface area contributed by atoms with Crippen molar-refractivity contribution in [2.75, 3.05) is 13.2 Å². The molecule has 0 saturated heterocycles. The Morgan fingerprint density at radius 3 is 2.29 bits per heavy atom. The van der Waals surface area contributed by atoms with E-state index in [0.717, 1.165) is 6.42 Å². The zero-order valence-corrected chi connectivity index (χ0v) is 8.73. The average molecular weight is 204 g/mol. The van der Waals surface area contributed by atoms with Gasteiger partial charge in [0.1, 0.15) is 0 Å². The van der Waals surface area contributed by atoms with Crippen molar-refractivity contribution < 1.29 is 15.0 Å². The van der Waals surface area contributed by atoms with E-state index in [1.54, 1.807) is 0 Å². The van der Waals surface area contributed by atoms with Crippen LogP contribution in [-0.2, 0) is 4.79 Å². The number of nitrogens with one attached hydrogen (secondary N) is 1. The maximum Gasteiger partial charge on any atom is 0.237 e. The number of nitrogens with two attached hydrogens (primary N) is 1. The number of aliphatic hydroxyl groups excluding tert-OH is 2. The molecule has 0 fully saturated rings. The summed E-state index contributed by atoms with van der Waals surface area (Å²) in [4.78, 5) is 11.4. The molecule has 1 unspecified atom stereocenters. The van der Waals surface area contributed by atoms with E-state index in [1.165, 1.54) is 0 Å². The Labute approximate surface area is 84.3 Å². The fraction of sp³-hybridized carbons (Fsp3) is 0.889. The van der Waals surface area contributed by atoms with Gasteiger partial charge in [-0.05, 0) is 5.92 Å². The average Bonchev–Trinajstić information content (AvgIpc) is 2.23. The van der Waals surface area contributed by atoms with Crippen molar-refractivity contribution in [2.24, 2.45) is 11.7 Å². The SMILES string of the molecule is CCC(C)[C@H](N)C(=O)NC(CO)CO. The number of carbonyl (C=O) groups excluding carboxylic acids is 1. The van der Waals surface area contributed by atoms with Crippen LogP contribution in [-0.4, -0.2) is 41.4 Å². The second-order valence-electron chi connectivity index (χ2n) is 3.48. The molecule has 2 atom stereocenters. The van der Waals surface area contributed by atoms with Gasteiger partial charge in [-0.15, -0.1) is 0 Å². The maximum atomic E-state index is 11.4. The van der Waals surface area contributed by atoms with E-state index in [4.69, 9.17) is 15.9 Å². The largest absolute Gasteiger partial charge is 0.394 e. The summed E-state index contributed by atoms with van der Waals surface area (Å²) >= 11 is 0. The van der Waals surface area contributed by atoms with Crippen LogP contribution in [0.25, 0.3) is 0 Å². The van der Waals surface area contributed by atoms with E-state index >= 15 is 0 Å². The van der Waals surface area contributed by atoms with Gasteiger partial charge in [0.25, 0.3) is 0 Å². The van der Waals surface area contributed by atoms with Gasteiger partial charge in [0.15, 0.2) is 0 Å². The van der Waals surface area contributed by atoms with E-state index in [2.05, 4.69) is 5.32 Å². The number of carbonyl (C=O) groups is 1. The molecule has 0 aromatic rings. The smallest absolute Gasteiger partial charge is 0.237 e. The molecular weight excluding hydrogens is 184 g/mol. The first-order valence-electron chi connectivity index (χ1n) is 4.84. The van der Waals surface area contributed by atoms with E-state index in [0.29, 0.717) is 0 Å². The molecule has 5 nitrogen and oxygen atoms in total. The minimum atomic E-state index is -0.613. The molecule has 0 aliphatic carbocycles. The summed E-state index contributed by atoms with van der Waals surface area (Å²) in [7, 11) is 0. The maximum absolute atomic E-state index is 11.4. The van der Waals surface area contributed by atoms with Gasteiger partial charge in [0.05, 0.1) is 25.3 Å². The van der Waals surface area contributed by atoms with Crippen molar-refractivity contribution in [2.45, 2.75) is 32.4 Å². The zero-order valence-electron chi connectivity index (χ0n) is 8.73. The van der Waals surface area contributed by atoms with Crippen LogP contribution >= 0.6 is 0 Å². The molecule has 0 aromatic heterocycles. The molecule has 84 valence electrons. The first-order chi connectivity index (χ1) is 6.56. The fourth-order valence-corrected chi connectivity index (χ4v) is 0.959. The summed E-state index contributed by atoms with van der Waals surface area (Å²) in [5.74, 6) is -0.236. The number of rotatable bonds is 6. The fourth-order valence-electron chi connectivity index (χ4n) is 0.959. The standard InChI is InChI=1S/C9H20N2O3/c1-3-6(2)8(10)9(14)11-7(4-12)5-13/h6-8,12-13H,3-5,10H2,1-2H3,(H,11,14)/t6?,8-/m0/s1. The van der Waals surface area contributed by atoms with Gasteiger partial charge < -0.3 is 21.3 Å². The Balaban J connectivity index is 4.06. The minimum absolute atomic E-state index is 0.0908. The Morgan fingerprint density at radius 1 is 1.43 bits per heavy atom. The topological polar surface area (TPSA) is 95.6 Å². The normalized spacial score (nSPS) is 15.3. The number of hydrogen-bond acceptors (Lipinski definition) is 4. The summed E-state index contributed by atoms with van der Waals surface area (Å²) in [5, 5.41) is 19.9. The van der Waals surface area contributed by atoms with Gasteiger partial charge in [-0.3, -0.25) is 4.79 Å². The molecule has 0 rings (SSSR count). The number of aliphatic hydroxyl groups is 2. The highest BCUT2D eigenvalue weighted by atomic mass is 16.3. The lowest BCUT2D eigenvalue weighted by molar-refractivity contribution is -0.124. The quantitative estimate of drug-likeness (QED) is 0.438. The van der Waals surface area contributed by atoms with Crippen molar-refractivity contribution in [1.29, 1.82) is 0 Å². The van der Waals surface area contributed by atoms with Crippen LogP contribution in [0, 0.1) is 5.92 Å². The summed E-state index contributed by atoms with van der Waals surface area (Å²) in [6, 6.07) is -1.20. The van der Waals surface area contributed by atoms with Crippen LogP contribution in [0.15, 0.2) is 0 Å². The molecule has 1 amide bonds. The molecule has 0 bridgehead atoms. The van der Waals surface area contributed by atoms with Crippen molar-refractivity contribution >= 4 is 5.91 Å². The third-order valence-electron chi connectivity index (χ3n) is 2.35. The van der Waals surface area contributed by atoms with E-state index in [1.807, 2.05) is 13.8 Å². The molecule has 0 saturated carbocycles. The molecule has 0 aliphatic heterocycles. The third kappa shape index (κ3) is 4.04. The van der Waals surface area contributed by atoms with Crippen molar-refractivity contribution in [3.05, 3.63) is 0 Å². The van der Waals surface area contributed by atoms with Crippen LogP contribution in [0.3, 0.4) is 0 Å². The van der Waals surface area contributed by atoms with Crippen LogP contribution in [0.1, 0.15) is 20.3 Å². The molecule has 0 radical (unpaired) electrons. The lowest BCUT2D eigenvalue weighted by atomic mass is 9.99. The number of amides is 1. The van der Waals surface area contributed by atoms with Crippen molar-refractivity contribution in [3.8, 4) is 0 Å². The Bertz CT molecular complexity index is 171. The third-order valence-corrected chi connectivity index (χ3v) is 2.35. The summed E-state index contributed by atoms with van der Waals surface area (Å²) < 4.78 is 0. The van der Waals surface area contributed by atoms with Gasteiger partial charge in [0, 0.05) is 0 Å². The molecule has 0 heterocycles. The minimum Gasteiger partial charge on any atom is -0.394 e. The molecule has 0 spiro atoms. The van der Waals surface area contributed by atoms with Gasteiger partial charge in [0.2, 0.25) is 5.91 Å². The highest BCUT2D eigenvalue weighted by Gasteiger charge is 2.21. The lowest BCUT2D eigenvalue weighted by Gasteiger charge is -2.20. The lowest BCUT2D eigenvalue weighted by Crippen LogP contribution is -2.50. The first kappa shape index (κ1) is 13.4. The molecule has 5 N–H and O–H groups in total. The highest BCUT2D eigenvalue weighted by Crippen LogP contribution is 2.05. The predicted molar refractivity (Wildman–Crippen MR) is 53.5 cm³/mol. The van der Waals surface area contributed by atoms with Crippen molar-refractivity contribution in [1.82, 2.24) is 5.32 Å². The van der Waals surface area contributed by atoms with E-state index < -0.39 is 12.1 Å². The van der Waals surface area contributed by atoms with Gasteiger partial charge in [-0.25, -0.2) is 0 Å². The zero-order chi connectivity index (χ0) is 11.1. The summed E-state index contributed by atoms with van der Waals surface area (Å²) in [6.07, 6.45) is 0.817. The van der Waals surface area contributed by atoms with Crippen LogP contribution in [0.4, 0.5) is 0 Å². The molecule has 0 aliphatic rings. The first-order valence-corrected chi connectivity index (χ1v) is 4.84. The van der Waals surface area contributed by atoms with Crippen LogP contribution in [0.5, 0.6) is 0 Å².